The van der Waals surface area contributed by atoms with E-state index in [9.17, 15) is 0 Å². The summed E-state index contributed by atoms with van der Waals surface area (Å²) in [5.74, 6) is 0.711. The number of nitrogen functional groups attached to an aromatic ring is 1. The molecule has 7 nitrogen and oxygen atoms in total. The molecule has 0 atom stereocenters. The Morgan fingerprint density at radius 1 is 1.50 bits per heavy atom. The summed E-state index contributed by atoms with van der Waals surface area (Å²) in [6.45, 7) is 0. The van der Waals surface area contributed by atoms with Crippen molar-refractivity contribution in [1.29, 1.82) is 0 Å². The number of hydrogen-bond donors (Lipinski definition) is 1. The van der Waals surface area contributed by atoms with Gasteiger partial charge in [0.2, 0.25) is 5.95 Å². The Kier molecular flexibility index (Phi) is 1.98. The lowest BCUT2D eigenvalue weighted by molar-refractivity contribution is 0.379. The van der Waals surface area contributed by atoms with Crippen molar-refractivity contribution in [3.05, 3.63) is 18.3 Å². The van der Waals surface area contributed by atoms with Crippen molar-refractivity contribution in [2.75, 3.05) is 12.8 Å². The Morgan fingerprint density at radius 2 is 2.36 bits per heavy atom. The number of ether oxygens (including phenoxy) is 1. The Bertz CT molecular complexity index is 425. The minimum atomic E-state index is 0.202. The molecular weight excluding hydrogens is 184 g/mol. The zero-order valence-electron chi connectivity index (χ0n) is 7.45. The zero-order valence-corrected chi connectivity index (χ0v) is 7.45. The molecule has 0 radical (unpaired) electrons. The molecule has 0 aliphatic rings. The molecule has 0 amide bonds. The normalized spacial score (nSPS) is 10.1. The first-order valence-electron chi connectivity index (χ1n) is 3.86. The van der Waals surface area contributed by atoms with Crippen LogP contribution in [0.2, 0.25) is 0 Å². The summed E-state index contributed by atoms with van der Waals surface area (Å²) in [7, 11) is 1.47. The molecule has 7 heteroatoms. The highest BCUT2D eigenvalue weighted by molar-refractivity contribution is 5.31. The van der Waals surface area contributed by atoms with Crippen LogP contribution in [0.25, 0.3) is 5.82 Å². The zero-order chi connectivity index (χ0) is 9.97. The van der Waals surface area contributed by atoms with Crippen molar-refractivity contribution < 1.29 is 4.74 Å². The average molecular weight is 192 g/mol. The van der Waals surface area contributed by atoms with Gasteiger partial charge in [-0.25, -0.2) is 0 Å². The molecule has 0 fully saturated rings. The smallest absolute Gasteiger partial charge is 0.337 e. The van der Waals surface area contributed by atoms with Gasteiger partial charge in [0.15, 0.2) is 5.82 Å². The molecular formula is C7H8N6O. The Morgan fingerprint density at radius 3 is 2.93 bits per heavy atom. The molecule has 0 aliphatic heterocycles. The Labute approximate surface area is 79.5 Å². The van der Waals surface area contributed by atoms with E-state index in [1.165, 1.54) is 11.8 Å². The van der Waals surface area contributed by atoms with Crippen LogP contribution in [-0.2, 0) is 0 Å². The number of nitrogens with two attached hydrogens (primary N) is 1. The molecule has 72 valence electrons. The van der Waals surface area contributed by atoms with Crippen LogP contribution in [0.3, 0.4) is 0 Å². The van der Waals surface area contributed by atoms with E-state index in [2.05, 4.69) is 20.3 Å². The molecule has 0 saturated heterocycles. The van der Waals surface area contributed by atoms with Crippen molar-refractivity contribution in [2.45, 2.75) is 0 Å². The molecule has 2 aromatic heterocycles. The Balaban J connectivity index is 2.46. The van der Waals surface area contributed by atoms with Gasteiger partial charge in [0.1, 0.15) is 0 Å². The van der Waals surface area contributed by atoms with Crippen LogP contribution in [0.5, 0.6) is 6.01 Å². The first-order valence-corrected chi connectivity index (χ1v) is 3.86. The third kappa shape index (κ3) is 1.35. The lowest BCUT2D eigenvalue weighted by atomic mass is 10.5. The van der Waals surface area contributed by atoms with Crippen LogP contribution in [0.1, 0.15) is 0 Å². The molecule has 2 N–H and O–H groups in total. The van der Waals surface area contributed by atoms with Crippen molar-refractivity contribution in [3.63, 3.8) is 0 Å². The van der Waals surface area contributed by atoms with E-state index in [4.69, 9.17) is 10.5 Å². The van der Waals surface area contributed by atoms with Crippen LogP contribution < -0.4 is 10.5 Å². The van der Waals surface area contributed by atoms with Gasteiger partial charge in [-0.1, -0.05) is 0 Å². The summed E-state index contributed by atoms with van der Waals surface area (Å²) in [6.07, 6.45) is 1.56. The average Bonchev–Trinajstić information content (AvgIpc) is 2.61. The van der Waals surface area contributed by atoms with Crippen molar-refractivity contribution >= 4 is 5.95 Å². The van der Waals surface area contributed by atoms with Gasteiger partial charge in [-0.3, -0.25) is 0 Å². The van der Waals surface area contributed by atoms with Crippen molar-refractivity contribution in [1.82, 2.24) is 25.0 Å². The highest BCUT2D eigenvalue weighted by atomic mass is 16.5. The predicted molar refractivity (Wildman–Crippen MR) is 47.9 cm³/mol. The number of aromatic nitrogens is 5. The summed E-state index contributed by atoms with van der Waals surface area (Å²) in [5.41, 5.74) is 5.59. The summed E-state index contributed by atoms with van der Waals surface area (Å²) >= 11 is 0. The Hall–Kier alpha value is -2.18. The van der Waals surface area contributed by atoms with Gasteiger partial charge in [0.25, 0.3) is 0 Å². The van der Waals surface area contributed by atoms with Crippen LogP contribution >= 0.6 is 0 Å². The molecule has 0 aromatic carbocycles. The number of anilines is 1. The summed E-state index contributed by atoms with van der Waals surface area (Å²) in [5, 5.41) is 11.5. The van der Waals surface area contributed by atoms with Crippen LogP contribution in [-0.4, -0.2) is 32.1 Å². The van der Waals surface area contributed by atoms with E-state index >= 15 is 0 Å². The topological polar surface area (TPSA) is 91.7 Å². The molecule has 0 bridgehead atoms. The molecule has 2 rings (SSSR count). The summed E-state index contributed by atoms with van der Waals surface area (Å²) in [6, 6.07) is 3.65. The first-order chi connectivity index (χ1) is 6.81. The van der Waals surface area contributed by atoms with Crippen molar-refractivity contribution in [3.8, 4) is 11.8 Å². The second kappa shape index (κ2) is 3.29. The maximum Gasteiger partial charge on any atom is 0.337 e. The molecule has 14 heavy (non-hydrogen) atoms. The second-order valence-corrected chi connectivity index (χ2v) is 2.45. The van der Waals surface area contributed by atoms with Gasteiger partial charge in [0, 0.05) is 6.20 Å². The van der Waals surface area contributed by atoms with Crippen LogP contribution in [0.15, 0.2) is 18.3 Å². The molecule has 0 spiro atoms. The molecule has 0 unspecified atom stereocenters. The fraction of sp³-hybridized carbons (Fsp3) is 0.143. The molecule has 0 aliphatic carbocycles. The SMILES string of the molecule is COc1nc(N)n(-c2cccnn2)n1. The van der Waals surface area contributed by atoms with E-state index in [0.29, 0.717) is 5.82 Å². The fourth-order valence-electron chi connectivity index (χ4n) is 0.966. The third-order valence-electron chi connectivity index (χ3n) is 1.57. The quantitative estimate of drug-likeness (QED) is 0.699. The third-order valence-corrected chi connectivity index (χ3v) is 1.57. The number of rotatable bonds is 2. The standard InChI is InChI=1S/C7H8N6O/c1-14-7-10-6(8)13(12-7)5-3-2-4-9-11-5/h2-4H,1H3,(H2,8,10,12). The van der Waals surface area contributed by atoms with Crippen molar-refractivity contribution in [2.24, 2.45) is 0 Å². The summed E-state index contributed by atoms with van der Waals surface area (Å²) in [4.78, 5) is 3.85. The van der Waals surface area contributed by atoms with E-state index in [1.54, 1.807) is 18.3 Å². The van der Waals surface area contributed by atoms with Crippen LogP contribution in [0, 0.1) is 0 Å². The maximum absolute atomic E-state index is 5.59. The van der Waals surface area contributed by atoms with Gasteiger partial charge >= 0.3 is 6.01 Å². The molecule has 2 heterocycles. The minimum absolute atomic E-state index is 0.202. The summed E-state index contributed by atoms with van der Waals surface area (Å²) < 4.78 is 6.18. The number of hydrogen-bond acceptors (Lipinski definition) is 6. The highest BCUT2D eigenvalue weighted by Crippen LogP contribution is 2.11. The van der Waals surface area contributed by atoms with E-state index in [-0.39, 0.29) is 12.0 Å². The monoisotopic (exact) mass is 192 g/mol. The fourth-order valence-corrected chi connectivity index (χ4v) is 0.966. The van der Waals surface area contributed by atoms with Gasteiger partial charge in [-0.15, -0.1) is 10.2 Å². The lowest BCUT2D eigenvalue weighted by Gasteiger charge is -1.97. The first kappa shape index (κ1) is 8.42. The number of methoxy groups -OCH3 is 1. The number of nitrogens with zero attached hydrogens (tertiary/aromatic N) is 5. The maximum atomic E-state index is 5.59. The van der Waals surface area contributed by atoms with Gasteiger partial charge in [-0.2, -0.15) is 14.8 Å². The van der Waals surface area contributed by atoms with Gasteiger partial charge in [0.05, 0.1) is 7.11 Å². The van der Waals surface area contributed by atoms with Crippen LogP contribution in [0.4, 0.5) is 5.95 Å². The van der Waals surface area contributed by atoms with Gasteiger partial charge < -0.3 is 10.5 Å². The highest BCUT2D eigenvalue weighted by Gasteiger charge is 2.09. The lowest BCUT2D eigenvalue weighted by Crippen LogP contribution is -2.04. The largest absolute Gasteiger partial charge is 0.466 e. The van der Waals surface area contributed by atoms with Gasteiger partial charge in [-0.05, 0) is 12.1 Å². The van der Waals surface area contributed by atoms with E-state index in [0.717, 1.165) is 0 Å². The second-order valence-electron chi connectivity index (χ2n) is 2.45. The van der Waals surface area contributed by atoms with E-state index in [1.807, 2.05) is 0 Å². The predicted octanol–water partition coefficient (Wildman–Crippen LogP) is -0.352. The minimum Gasteiger partial charge on any atom is -0.466 e. The molecule has 0 saturated carbocycles. The molecule has 2 aromatic rings. The van der Waals surface area contributed by atoms with E-state index < -0.39 is 0 Å².